The fourth-order valence-electron chi connectivity index (χ4n) is 3.38. The van der Waals surface area contributed by atoms with Crippen LogP contribution in [0.25, 0.3) is 0 Å². The zero-order valence-electron chi connectivity index (χ0n) is 14.4. The molecular formula is C19H20ClNO4S. The molecule has 1 saturated carbocycles. The van der Waals surface area contributed by atoms with E-state index in [1.807, 2.05) is 0 Å². The van der Waals surface area contributed by atoms with Crippen LogP contribution in [0.5, 0.6) is 5.75 Å². The average molecular weight is 394 g/mol. The van der Waals surface area contributed by atoms with Crippen molar-refractivity contribution in [2.75, 3.05) is 12.4 Å². The Labute approximate surface area is 158 Å². The number of anilines is 1. The maximum Gasteiger partial charge on any atom is 0.246 e. The maximum atomic E-state index is 13.2. The number of hydrogen-bond acceptors (Lipinski definition) is 4. The number of methoxy groups -OCH3 is 1. The Balaban J connectivity index is 1.95. The van der Waals surface area contributed by atoms with Crippen LogP contribution in [0, 0.1) is 0 Å². The molecule has 2 aromatic rings. The summed E-state index contributed by atoms with van der Waals surface area (Å²) in [4.78, 5) is 13.2. The molecule has 7 heteroatoms. The van der Waals surface area contributed by atoms with Gasteiger partial charge in [-0.05, 0) is 43.2 Å². The first-order valence-electron chi connectivity index (χ1n) is 8.35. The zero-order valence-corrected chi connectivity index (χ0v) is 15.9. The van der Waals surface area contributed by atoms with Gasteiger partial charge in [0.15, 0.2) is 14.6 Å². The summed E-state index contributed by atoms with van der Waals surface area (Å²) in [7, 11) is -2.31. The normalized spacial score (nSPS) is 16.2. The summed E-state index contributed by atoms with van der Waals surface area (Å²) < 4.78 is 30.1. The molecule has 0 aliphatic heterocycles. The fraction of sp³-hybridized carbons (Fsp3) is 0.316. The molecule has 0 spiro atoms. The summed E-state index contributed by atoms with van der Waals surface area (Å²) in [6.45, 7) is 0. The molecule has 1 fully saturated rings. The van der Waals surface area contributed by atoms with Gasteiger partial charge in [0.05, 0.1) is 17.0 Å². The van der Waals surface area contributed by atoms with E-state index >= 15 is 0 Å². The van der Waals surface area contributed by atoms with Crippen molar-refractivity contribution >= 4 is 33.0 Å². The zero-order chi connectivity index (χ0) is 18.8. The van der Waals surface area contributed by atoms with Gasteiger partial charge in [-0.2, -0.15) is 0 Å². The summed E-state index contributed by atoms with van der Waals surface area (Å²) in [5, 5.41) is 3.08. The number of rotatable bonds is 5. The van der Waals surface area contributed by atoms with Crippen molar-refractivity contribution in [3.63, 3.8) is 0 Å². The van der Waals surface area contributed by atoms with Crippen molar-refractivity contribution in [2.24, 2.45) is 0 Å². The molecule has 0 saturated heterocycles. The lowest BCUT2D eigenvalue weighted by molar-refractivity contribution is -0.118. The van der Waals surface area contributed by atoms with E-state index in [-0.39, 0.29) is 4.90 Å². The molecule has 1 aliphatic carbocycles. The molecule has 0 aromatic heterocycles. The van der Waals surface area contributed by atoms with Crippen molar-refractivity contribution in [2.45, 2.75) is 35.3 Å². The van der Waals surface area contributed by atoms with E-state index in [1.54, 1.807) is 36.4 Å². The summed E-state index contributed by atoms with van der Waals surface area (Å²) in [6, 6.07) is 13.0. The van der Waals surface area contributed by atoms with Crippen LogP contribution in [0.1, 0.15) is 25.7 Å². The van der Waals surface area contributed by atoms with E-state index in [0.29, 0.717) is 42.1 Å². The van der Waals surface area contributed by atoms with Crippen molar-refractivity contribution in [3.8, 4) is 5.75 Å². The molecule has 1 N–H and O–H groups in total. The first-order valence-corrected chi connectivity index (χ1v) is 10.2. The third kappa shape index (κ3) is 3.19. The second-order valence-electron chi connectivity index (χ2n) is 6.32. The Morgan fingerprint density at radius 1 is 1.12 bits per heavy atom. The van der Waals surface area contributed by atoms with Crippen LogP contribution in [-0.4, -0.2) is 26.2 Å². The molecule has 5 nitrogen and oxygen atoms in total. The highest BCUT2D eigenvalue weighted by molar-refractivity contribution is 7.93. The number of carbonyl (C=O) groups is 1. The molecule has 0 bridgehead atoms. The number of sulfone groups is 1. The summed E-state index contributed by atoms with van der Waals surface area (Å²) in [5.74, 6) is -0.0303. The summed E-state index contributed by atoms with van der Waals surface area (Å²) in [6.07, 6.45) is 2.01. The monoisotopic (exact) mass is 393 g/mol. The first-order chi connectivity index (χ1) is 12.4. The van der Waals surface area contributed by atoms with Gasteiger partial charge in [-0.15, -0.1) is 0 Å². The second-order valence-corrected chi connectivity index (χ2v) is 8.99. The van der Waals surface area contributed by atoms with E-state index in [0.717, 1.165) is 0 Å². The minimum absolute atomic E-state index is 0.171. The van der Waals surface area contributed by atoms with Gasteiger partial charge in [0.25, 0.3) is 0 Å². The molecule has 0 unspecified atom stereocenters. The minimum Gasteiger partial charge on any atom is -0.495 e. The average Bonchev–Trinajstić information content (AvgIpc) is 3.14. The van der Waals surface area contributed by atoms with Crippen LogP contribution in [0.2, 0.25) is 5.02 Å². The lowest BCUT2D eigenvalue weighted by Gasteiger charge is -2.27. The third-order valence-electron chi connectivity index (χ3n) is 4.80. The summed E-state index contributed by atoms with van der Waals surface area (Å²) >= 11 is 6.10. The fourth-order valence-corrected chi connectivity index (χ4v) is 5.72. The number of hydrogen-bond donors (Lipinski definition) is 1. The van der Waals surface area contributed by atoms with Gasteiger partial charge in [0.1, 0.15) is 5.75 Å². The highest BCUT2D eigenvalue weighted by Crippen LogP contribution is 2.41. The number of nitrogens with one attached hydrogen (secondary N) is 1. The Morgan fingerprint density at radius 3 is 2.35 bits per heavy atom. The van der Waals surface area contributed by atoms with E-state index in [9.17, 15) is 13.2 Å². The number of benzene rings is 2. The molecule has 26 heavy (non-hydrogen) atoms. The lowest BCUT2D eigenvalue weighted by Crippen LogP contribution is -2.47. The van der Waals surface area contributed by atoms with E-state index in [1.165, 1.54) is 19.2 Å². The summed E-state index contributed by atoms with van der Waals surface area (Å²) in [5.41, 5.74) is 0.440. The van der Waals surface area contributed by atoms with Crippen LogP contribution in [0.3, 0.4) is 0 Å². The Morgan fingerprint density at radius 2 is 1.77 bits per heavy atom. The number of ether oxygens (including phenoxy) is 1. The maximum absolute atomic E-state index is 13.2. The largest absolute Gasteiger partial charge is 0.495 e. The highest BCUT2D eigenvalue weighted by atomic mass is 35.5. The molecule has 3 rings (SSSR count). The van der Waals surface area contributed by atoms with Gasteiger partial charge in [-0.1, -0.05) is 42.6 Å². The Hall–Kier alpha value is -2.05. The predicted octanol–water partition coefficient (Wildman–Crippen LogP) is 4.07. The van der Waals surface area contributed by atoms with Crippen molar-refractivity contribution in [1.82, 2.24) is 0 Å². The van der Waals surface area contributed by atoms with Crippen molar-refractivity contribution < 1.29 is 17.9 Å². The molecule has 138 valence electrons. The van der Waals surface area contributed by atoms with Crippen LogP contribution in [0.15, 0.2) is 53.4 Å². The number of amides is 1. The van der Waals surface area contributed by atoms with Gasteiger partial charge in [-0.3, -0.25) is 4.79 Å². The molecular weight excluding hydrogens is 374 g/mol. The smallest absolute Gasteiger partial charge is 0.246 e. The van der Waals surface area contributed by atoms with Crippen LogP contribution < -0.4 is 10.1 Å². The molecule has 1 aliphatic rings. The SMILES string of the molecule is COc1ccc(NC(=O)C2(S(=O)(=O)c3ccccc3)CCCC2)cc1Cl. The first kappa shape index (κ1) is 18.7. The Bertz CT molecular complexity index is 906. The van der Waals surface area contributed by atoms with E-state index in [4.69, 9.17) is 16.3 Å². The molecule has 0 atom stereocenters. The Kier molecular flexibility index (Phi) is 5.25. The van der Waals surface area contributed by atoms with E-state index in [2.05, 4.69) is 5.32 Å². The van der Waals surface area contributed by atoms with Crippen molar-refractivity contribution in [3.05, 3.63) is 53.6 Å². The van der Waals surface area contributed by atoms with Gasteiger partial charge < -0.3 is 10.1 Å². The van der Waals surface area contributed by atoms with Crippen LogP contribution >= 0.6 is 11.6 Å². The number of halogens is 1. The third-order valence-corrected chi connectivity index (χ3v) is 7.61. The topological polar surface area (TPSA) is 72.5 Å². The van der Waals surface area contributed by atoms with Gasteiger partial charge in [0.2, 0.25) is 5.91 Å². The lowest BCUT2D eigenvalue weighted by atomic mass is 10.1. The molecule has 1 amide bonds. The van der Waals surface area contributed by atoms with Gasteiger partial charge >= 0.3 is 0 Å². The number of carbonyl (C=O) groups excluding carboxylic acids is 1. The molecule has 2 aromatic carbocycles. The standard InChI is InChI=1S/C19H20ClNO4S/c1-25-17-10-9-14(13-16(17)20)21-18(22)19(11-5-6-12-19)26(23,24)15-7-3-2-4-8-15/h2-4,7-10,13H,5-6,11-12H2,1H3,(H,21,22). The highest BCUT2D eigenvalue weighted by Gasteiger charge is 2.52. The molecule has 0 radical (unpaired) electrons. The second kappa shape index (κ2) is 7.29. The quantitative estimate of drug-likeness (QED) is 0.830. The van der Waals surface area contributed by atoms with Crippen LogP contribution in [0.4, 0.5) is 5.69 Å². The van der Waals surface area contributed by atoms with Crippen molar-refractivity contribution in [1.29, 1.82) is 0 Å². The minimum atomic E-state index is -3.81. The van der Waals surface area contributed by atoms with Gasteiger partial charge in [0, 0.05) is 5.69 Å². The predicted molar refractivity (Wildman–Crippen MR) is 101 cm³/mol. The molecule has 0 heterocycles. The van der Waals surface area contributed by atoms with Crippen LogP contribution in [-0.2, 0) is 14.6 Å². The van der Waals surface area contributed by atoms with E-state index < -0.39 is 20.5 Å². The van der Waals surface area contributed by atoms with Gasteiger partial charge in [-0.25, -0.2) is 8.42 Å².